The van der Waals surface area contributed by atoms with E-state index in [2.05, 4.69) is 5.32 Å². The normalized spacial score (nSPS) is 9.24. The Morgan fingerprint density at radius 1 is 0.905 bits per heavy atom. The minimum atomic E-state index is -0.469. The second-order valence-electron chi connectivity index (χ2n) is 4.30. The molecule has 0 fully saturated rings. The molecule has 0 aromatic heterocycles. The average Bonchev–Trinajstić information content (AvgIpc) is 2.52. The molecule has 0 aliphatic carbocycles. The molecular formula is C16H9FN4. The molecule has 0 spiro atoms. The molecule has 1 N–H and O–H groups in total. The highest BCUT2D eigenvalue weighted by molar-refractivity contribution is 5.56. The standard InChI is InChI=1S/C16H9FN4/c17-15-4-11(7-18)3-12(5-15)10-21-16-2-1-13(8-19)14(6-16)9-20/h1-6,21H,10H2. The molecule has 0 heterocycles. The third-order valence-electron chi connectivity index (χ3n) is 2.84. The molecule has 2 rings (SSSR count). The van der Waals surface area contributed by atoms with Gasteiger partial charge in [0.1, 0.15) is 18.0 Å². The van der Waals surface area contributed by atoms with Crippen molar-refractivity contribution in [3.63, 3.8) is 0 Å². The van der Waals surface area contributed by atoms with E-state index >= 15 is 0 Å². The third kappa shape index (κ3) is 3.35. The van der Waals surface area contributed by atoms with Gasteiger partial charge in [0.05, 0.1) is 22.8 Å². The first-order chi connectivity index (χ1) is 10.2. The summed E-state index contributed by atoms with van der Waals surface area (Å²) in [4.78, 5) is 0. The van der Waals surface area contributed by atoms with Crippen LogP contribution in [0.4, 0.5) is 10.1 Å². The summed E-state index contributed by atoms with van der Waals surface area (Å²) in [7, 11) is 0. The van der Waals surface area contributed by atoms with Crippen molar-refractivity contribution in [2.75, 3.05) is 5.32 Å². The number of anilines is 1. The number of halogens is 1. The van der Waals surface area contributed by atoms with Crippen molar-refractivity contribution < 1.29 is 4.39 Å². The van der Waals surface area contributed by atoms with E-state index in [1.54, 1.807) is 24.3 Å². The van der Waals surface area contributed by atoms with E-state index in [9.17, 15) is 4.39 Å². The molecule has 0 amide bonds. The molecule has 0 saturated carbocycles. The minimum absolute atomic E-state index is 0.254. The Labute approximate surface area is 121 Å². The van der Waals surface area contributed by atoms with Crippen LogP contribution in [0.5, 0.6) is 0 Å². The lowest BCUT2D eigenvalue weighted by atomic mass is 10.1. The van der Waals surface area contributed by atoms with Crippen molar-refractivity contribution in [1.82, 2.24) is 0 Å². The van der Waals surface area contributed by atoms with E-state index in [0.29, 0.717) is 23.4 Å². The Morgan fingerprint density at radius 2 is 1.67 bits per heavy atom. The lowest BCUT2D eigenvalue weighted by molar-refractivity contribution is 0.625. The number of hydrogen-bond acceptors (Lipinski definition) is 4. The summed E-state index contributed by atoms with van der Waals surface area (Å²) >= 11 is 0. The van der Waals surface area contributed by atoms with Crippen molar-refractivity contribution in [2.45, 2.75) is 6.54 Å². The fourth-order valence-electron chi connectivity index (χ4n) is 1.87. The number of hydrogen-bond donors (Lipinski definition) is 1. The van der Waals surface area contributed by atoms with Crippen LogP contribution in [0.15, 0.2) is 36.4 Å². The number of rotatable bonds is 3. The monoisotopic (exact) mass is 276 g/mol. The van der Waals surface area contributed by atoms with Crippen molar-refractivity contribution >= 4 is 5.69 Å². The summed E-state index contributed by atoms with van der Waals surface area (Å²) in [6.45, 7) is 0.309. The van der Waals surface area contributed by atoms with Crippen LogP contribution in [-0.4, -0.2) is 0 Å². The number of benzene rings is 2. The fraction of sp³-hybridized carbons (Fsp3) is 0.0625. The molecule has 100 valence electrons. The SMILES string of the molecule is N#Cc1cc(F)cc(CNc2ccc(C#N)c(C#N)c2)c1. The molecule has 4 nitrogen and oxygen atoms in total. The highest BCUT2D eigenvalue weighted by Crippen LogP contribution is 2.16. The predicted molar refractivity (Wildman–Crippen MR) is 74.3 cm³/mol. The molecule has 0 atom stereocenters. The van der Waals surface area contributed by atoms with E-state index < -0.39 is 5.82 Å². The van der Waals surface area contributed by atoms with E-state index in [1.165, 1.54) is 12.1 Å². The lowest BCUT2D eigenvalue weighted by Crippen LogP contribution is -2.01. The van der Waals surface area contributed by atoms with Gasteiger partial charge in [0.25, 0.3) is 0 Å². The Balaban J connectivity index is 2.18. The average molecular weight is 276 g/mol. The molecule has 0 radical (unpaired) electrons. The molecule has 5 heteroatoms. The maximum absolute atomic E-state index is 13.3. The summed E-state index contributed by atoms with van der Waals surface area (Å²) in [5.41, 5.74) is 2.10. The van der Waals surface area contributed by atoms with Crippen molar-refractivity contribution in [3.8, 4) is 18.2 Å². The van der Waals surface area contributed by atoms with E-state index in [0.717, 1.165) is 0 Å². The van der Waals surface area contributed by atoms with Crippen LogP contribution >= 0.6 is 0 Å². The topological polar surface area (TPSA) is 83.4 Å². The Morgan fingerprint density at radius 3 is 2.33 bits per heavy atom. The second-order valence-corrected chi connectivity index (χ2v) is 4.30. The molecule has 2 aromatic carbocycles. The number of nitriles is 3. The van der Waals surface area contributed by atoms with Crippen molar-refractivity contribution in [2.24, 2.45) is 0 Å². The van der Waals surface area contributed by atoms with Gasteiger partial charge in [-0.05, 0) is 42.0 Å². The van der Waals surface area contributed by atoms with Gasteiger partial charge >= 0.3 is 0 Å². The summed E-state index contributed by atoms with van der Waals surface area (Å²) < 4.78 is 13.3. The van der Waals surface area contributed by atoms with Gasteiger partial charge in [-0.1, -0.05) is 0 Å². The van der Waals surface area contributed by atoms with Crippen LogP contribution in [0.25, 0.3) is 0 Å². The van der Waals surface area contributed by atoms with Crippen LogP contribution in [0.1, 0.15) is 22.3 Å². The first-order valence-corrected chi connectivity index (χ1v) is 6.04. The van der Waals surface area contributed by atoms with E-state index in [1.807, 2.05) is 18.2 Å². The second kappa shape index (κ2) is 6.19. The lowest BCUT2D eigenvalue weighted by Gasteiger charge is -2.08. The van der Waals surface area contributed by atoms with Crippen molar-refractivity contribution in [3.05, 3.63) is 64.5 Å². The zero-order valence-corrected chi connectivity index (χ0v) is 10.9. The van der Waals surface area contributed by atoms with Crippen LogP contribution in [-0.2, 0) is 6.54 Å². The number of nitrogens with one attached hydrogen (secondary N) is 1. The Hall–Kier alpha value is -3.36. The third-order valence-corrected chi connectivity index (χ3v) is 2.84. The quantitative estimate of drug-likeness (QED) is 0.933. The van der Waals surface area contributed by atoms with Gasteiger partial charge in [-0.25, -0.2) is 4.39 Å². The molecule has 0 unspecified atom stereocenters. The molecule has 2 aromatic rings. The predicted octanol–water partition coefficient (Wildman–Crippen LogP) is 3.05. The first-order valence-electron chi connectivity index (χ1n) is 6.04. The highest BCUT2D eigenvalue weighted by Gasteiger charge is 2.04. The summed E-state index contributed by atoms with van der Waals surface area (Å²) in [5, 5.41) is 29.6. The first kappa shape index (κ1) is 14.1. The smallest absolute Gasteiger partial charge is 0.124 e. The maximum atomic E-state index is 13.3. The van der Waals surface area contributed by atoms with E-state index in [4.69, 9.17) is 15.8 Å². The molecule has 0 aliphatic heterocycles. The van der Waals surface area contributed by atoms with Gasteiger partial charge in [-0.2, -0.15) is 15.8 Å². The van der Waals surface area contributed by atoms with Crippen molar-refractivity contribution in [1.29, 1.82) is 15.8 Å². The van der Waals surface area contributed by atoms with E-state index in [-0.39, 0.29) is 11.1 Å². The van der Waals surface area contributed by atoms with Gasteiger partial charge in [-0.15, -0.1) is 0 Å². The summed E-state index contributed by atoms with van der Waals surface area (Å²) in [6, 6.07) is 14.6. The molecule has 0 saturated heterocycles. The van der Waals surface area contributed by atoms with Gasteiger partial charge in [0.2, 0.25) is 0 Å². The zero-order chi connectivity index (χ0) is 15.2. The molecule has 0 aliphatic rings. The number of nitrogens with zero attached hydrogens (tertiary/aromatic N) is 3. The van der Waals surface area contributed by atoms with Crippen LogP contribution in [0.2, 0.25) is 0 Å². The van der Waals surface area contributed by atoms with Crippen LogP contribution < -0.4 is 5.32 Å². The summed E-state index contributed by atoms with van der Waals surface area (Å²) in [5.74, 6) is -0.469. The largest absolute Gasteiger partial charge is 0.381 e. The molecular weight excluding hydrogens is 267 g/mol. The highest BCUT2D eigenvalue weighted by atomic mass is 19.1. The van der Waals surface area contributed by atoms with Gasteiger partial charge in [0, 0.05) is 12.2 Å². The molecule has 21 heavy (non-hydrogen) atoms. The Kier molecular flexibility index (Phi) is 4.14. The molecule has 0 bridgehead atoms. The maximum Gasteiger partial charge on any atom is 0.124 e. The fourth-order valence-corrected chi connectivity index (χ4v) is 1.87. The minimum Gasteiger partial charge on any atom is -0.381 e. The van der Waals surface area contributed by atoms with Gasteiger partial charge < -0.3 is 5.32 Å². The van der Waals surface area contributed by atoms with Gasteiger partial charge in [-0.3, -0.25) is 0 Å². The summed E-state index contributed by atoms with van der Waals surface area (Å²) in [6.07, 6.45) is 0. The zero-order valence-electron chi connectivity index (χ0n) is 10.9. The Bertz CT molecular complexity index is 806. The van der Waals surface area contributed by atoms with Crippen LogP contribution in [0, 0.1) is 39.8 Å². The van der Waals surface area contributed by atoms with Gasteiger partial charge in [0.15, 0.2) is 0 Å². The van der Waals surface area contributed by atoms with Crippen LogP contribution in [0.3, 0.4) is 0 Å².